The van der Waals surface area contributed by atoms with Crippen molar-refractivity contribution in [3.63, 3.8) is 0 Å². The number of hydrogen-bond acceptors (Lipinski definition) is 6. The minimum Gasteiger partial charge on any atom is -0.477 e. The molecule has 3 rings (SSSR count). The fraction of sp³-hybridized carbons (Fsp3) is 0.583. The molecule has 0 spiro atoms. The first-order valence-corrected chi connectivity index (χ1v) is 7.43. The van der Waals surface area contributed by atoms with E-state index < -0.39 is 5.97 Å². The van der Waals surface area contributed by atoms with Crippen LogP contribution in [0.15, 0.2) is 15.8 Å². The summed E-state index contributed by atoms with van der Waals surface area (Å²) >= 11 is 1.22. The lowest BCUT2D eigenvalue weighted by Gasteiger charge is -2.45. The van der Waals surface area contributed by atoms with Crippen molar-refractivity contribution in [1.82, 2.24) is 25.1 Å². The largest absolute Gasteiger partial charge is 0.477 e. The second kappa shape index (κ2) is 4.83. The Morgan fingerprint density at radius 2 is 2.19 bits per heavy atom. The minimum atomic E-state index is -1.08. The van der Waals surface area contributed by atoms with E-state index >= 15 is 0 Å². The summed E-state index contributed by atoms with van der Waals surface area (Å²) < 4.78 is 1.48. The lowest BCUT2D eigenvalue weighted by molar-refractivity contribution is -0.157. The van der Waals surface area contributed by atoms with Gasteiger partial charge < -0.3 is 10.0 Å². The maximum atomic E-state index is 12.2. The van der Waals surface area contributed by atoms with Gasteiger partial charge in [-0.05, 0) is 16.3 Å². The van der Waals surface area contributed by atoms with Crippen molar-refractivity contribution in [2.45, 2.75) is 31.5 Å². The molecule has 0 bridgehead atoms. The number of aliphatic carboxylic acids is 1. The number of tetrazole rings is 1. The summed E-state index contributed by atoms with van der Waals surface area (Å²) in [5.41, 5.74) is 0.0786. The number of aromatic nitrogens is 4. The number of carbonyl (C=O) groups is 2. The Labute approximate surface area is 125 Å². The molecular formula is C12H15N5O3S. The first-order valence-electron chi connectivity index (χ1n) is 6.61. The first kappa shape index (κ1) is 14.1. The molecule has 1 amide bonds. The fourth-order valence-corrected chi connectivity index (χ4v) is 3.94. The van der Waals surface area contributed by atoms with E-state index in [-0.39, 0.29) is 29.5 Å². The van der Waals surface area contributed by atoms with Crippen LogP contribution in [0.4, 0.5) is 0 Å². The van der Waals surface area contributed by atoms with Gasteiger partial charge in [0.1, 0.15) is 5.70 Å². The average Bonchev–Trinajstić information content (AvgIpc) is 2.92. The molecule has 1 aromatic heterocycles. The molecule has 2 atom stereocenters. The highest BCUT2D eigenvalue weighted by Gasteiger charge is 2.56. The van der Waals surface area contributed by atoms with Crippen LogP contribution in [0.1, 0.15) is 20.3 Å². The summed E-state index contributed by atoms with van der Waals surface area (Å²) in [5, 5.41) is 21.0. The SMILES string of the molecule is CC(C)C1C(=O)N2C(C(=O)O)=C(Sc3nnnn3C)CC12. The van der Waals surface area contributed by atoms with Crippen LogP contribution in [0.3, 0.4) is 0 Å². The number of aryl methyl sites for hydroxylation is 1. The van der Waals surface area contributed by atoms with Gasteiger partial charge in [0.15, 0.2) is 0 Å². The molecule has 2 aliphatic heterocycles. The van der Waals surface area contributed by atoms with E-state index in [1.54, 1.807) is 7.05 Å². The number of rotatable bonds is 4. The van der Waals surface area contributed by atoms with E-state index in [2.05, 4.69) is 15.5 Å². The monoisotopic (exact) mass is 309 g/mol. The summed E-state index contributed by atoms with van der Waals surface area (Å²) in [4.78, 5) is 25.8. The molecule has 9 heteroatoms. The smallest absolute Gasteiger partial charge is 0.353 e. The molecule has 1 saturated heterocycles. The van der Waals surface area contributed by atoms with Crippen molar-refractivity contribution in [3.8, 4) is 0 Å². The predicted molar refractivity (Wildman–Crippen MR) is 72.9 cm³/mol. The molecule has 1 N–H and O–H groups in total. The number of nitrogens with zero attached hydrogens (tertiary/aromatic N) is 5. The second-order valence-corrected chi connectivity index (χ2v) is 6.58. The summed E-state index contributed by atoms with van der Waals surface area (Å²) in [6.45, 7) is 3.97. The number of carboxylic acids is 1. The molecule has 0 aromatic carbocycles. The molecule has 0 radical (unpaired) electrons. The van der Waals surface area contributed by atoms with Crippen LogP contribution >= 0.6 is 11.8 Å². The van der Waals surface area contributed by atoms with Gasteiger partial charge in [-0.25, -0.2) is 9.48 Å². The average molecular weight is 309 g/mol. The number of carboxylic acid groups (broad SMARTS) is 1. The Morgan fingerprint density at radius 3 is 2.71 bits per heavy atom. The van der Waals surface area contributed by atoms with Gasteiger partial charge in [-0.1, -0.05) is 25.6 Å². The summed E-state index contributed by atoms with van der Waals surface area (Å²) in [6, 6.07) is -0.0488. The maximum absolute atomic E-state index is 12.2. The maximum Gasteiger partial charge on any atom is 0.353 e. The molecule has 1 aromatic rings. The normalized spacial score (nSPS) is 24.6. The van der Waals surface area contributed by atoms with Crippen molar-refractivity contribution >= 4 is 23.6 Å². The Bertz CT molecular complexity index is 653. The van der Waals surface area contributed by atoms with E-state index in [0.717, 1.165) is 0 Å². The topological polar surface area (TPSA) is 101 Å². The highest BCUT2D eigenvalue weighted by Crippen LogP contribution is 2.49. The third-order valence-corrected chi connectivity index (χ3v) is 5.02. The van der Waals surface area contributed by atoms with Crippen molar-refractivity contribution < 1.29 is 14.7 Å². The van der Waals surface area contributed by atoms with Crippen LogP contribution in [0.2, 0.25) is 0 Å². The fourth-order valence-electron chi connectivity index (χ4n) is 2.94. The van der Waals surface area contributed by atoms with Gasteiger partial charge in [0.25, 0.3) is 0 Å². The number of carbonyl (C=O) groups excluding carboxylic acids is 1. The zero-order valence-corrected chi connectivity index (χ0v) is 12.7. The molecule has 3 heterocycles. The zero-order chi connectivity index (χ0) is 15.3. The van der Waals surface area contributed by atoms with Crippen LogP contribution in [-0.2, 0) is 16.6 Å². The van der Waals surface area contributed by atoms with Crippen LogP contribution in [0.5, 0.6) is 0 Å². The predicted octanol–water partition coefficient (Wildman–Crippen LogP) is 0.485. The van der Waals surface area contributed by atoms with Crippen molar-refractivity contribution in [2.24, 2.45) is 18.9 Å². The molecular weight excluding hydrogens is 294 g/mol. The van der Waals surface area contributed by atoms with Gasteiger partial charge in [0.2, 0.25) is 11.1 Å². The Kier molecular flexibility index (Phi) is 3.23. The van der Waals surface area contributed by atoms with E-state index in [1.807, 2.05) is 13.8 Å². The van der Waals surface area contributed by atoms with Crippen molar-refractivity contribution in [1.29, 1.82) is 0 Å². The molecule has 2 unspecified atom stereocenters. The number of fused-ring (bicyclic) bond motifs is 1. The van der Waals surface area contributed by atoms with Gasteiger partial charge in [-0.3, -0.25) is 4.79 Å². The van der Waals surface area contributed by atoms with E-state index in [9.17, 15) is 14.7 Å². The molecule has 2 aliphatic rings. The zero-order valence-electron chi connectivity index (χ0n) is 11.8. The quantitative estimate of drug-likeness (QED) is 0.807. The lowest BCUT2D eigenvalue weighted by Crippen LogP contribution is -2.60. The summed E-state index contributed by atoms with van der Waals surface area (Å²) in [6.07, 6.45) is 0.549. The van der Waals surface area contributed by atoms with Gasteiger partial charge in [-0.2, -0.15) is 0 Å². The third-order valence-electron chi connectivity index (χ3n) is 3.88. The Hall–Kier alpha value is -1.90. The van der Waals surface area contributed by atoms with Crippen LogP contribution in [0.25, 0.3) is 0 Å². The standard InChI is InChI=1S/C12H15N5O3S/c1-5(2)8-6-4-7(21-12-13-14-15-16(12)3)9(11(19)20)17(6)10(8)18/h5-6,8H,4H2,1-3H3,(H,19,20). The van der Waals surface area contributed by atoms with Gasteiger partial charge in [0.05, 0.1) is 12.0 Å². The number of thioether (sulfide) groups is 1. The van der Waals surface area contributed by atoms with Crippen molar-refractivity contribution in [2.75, 3.05) is 0 Å². The van der Waals surface area contributed by atoms with E-state index in [1.165, 1.54) is 21.3 Å². The Balaban J connectivity index is 1.91. The molecule has 0 saturated carbocycles. The first-order chi connectivity index (χ1) is 9.91. The minimum absolute atomic E-state index is 0.0488. The Morgan fingerprint density at radius 1 is 1.48 bits per heavy atom. The molecule has 0 aliphatic carbocycles. The van der Waals surface area contributed by atoms with Crippen LogP contribution in [0, 0.1) is 11.8 Å². The van der Waals surface area contributed by atoms with Crippen LogP contribution < -0.4 is 0 Å². The number of amides is 1. The van der Waals surface area contributed by atoms with Gasteiger partial charge >= 0.3 is 5.97 Å². The lowest BCUT2D eigenvalue weighted by atomic mass is 9.79. The van der Waals surface area contributed by atoms with Gasteiger partial charge in [-0.15, -0.1) is 5.10 Å². The number of β-lactam (4-membered cyclic amide) rings is 1. The van der Waals surface area contributed by atoms with Gasteiger partial charge in [0, 0.05) is 18.4 Å². The highest BCUT2D eigenvalue weighted by atomic mass is 32.2. The van der Waals surface area contributed by atoms with E-state index in [4.69, 9.17) is 0 Å². The highest BCUT2D eigenvalue weighted by molar-refractivity contribution is 8.03. The summed E-state index contributed by atoms with van der Waals surface area (Å²) in [7, 11) is 1.69. The molecule has 8 nitrogen and oxygen atoms in total. The second-order valence-electron chi connectivity index (χ2n) is 5.51. The number of hydrogen-bond donors (Lipinski definition) is 1. The van der Waals surface area contributed by atoms with Crippen molar-refractivity contribution in [3.05, 3.63) is 10.6 Å². The van der Waals surface area contributed by atoms with Crippen LogP contribution in [-0.4, -0.2) is 48.1 Å². The third kappa shape index (κ3) is 2.03. The van der Waals surface area contributed by atoms with E-state index in [0.29, 0.717) is 16.5 Å². The molecule has 112 valence electrons. The molecule has 1 fully saturated rings. The molecule has 21 heavy (non-hydrogen) atoms. The summed E-state index contributed by atoms with van der Waals surface area (Å²) in [5.74, 6) is -1.07.